The number of anilines is 1. The average molecular weight is 404 g/mol. The highest BCUT2D eigenvalue weighted by molar-refractivity contribution is 5.99. The summed E-state index contributed by atoms with van der Waals surface area (Å²) >= 11 is 0. The predicted molar refractivity (Wildman–Crippen MR) is 105 cm³/mol. The number of aryl methyl sites for hydroxylation is 1. The molecule has 9 heteroatoms. The van der Waals surface area contributed by atoms with Gasteiger partial charge in [0.25, 0.3) is 5.91 Å². The summed E-state index contributed by atoms with van der Waals surface area (Å²) in [6, 6.07) is 4.87. The third-order valence-electron chi connectivity index (χ3n) is 4.09. The summed E-state index contributed by atoms with van der Waals surface area (Å²) in [5.41, 5.74) is 1.71. The van der Waals surface area contributed by atoms with Crippen LogP contribution < -0.4 is 14.8 Å². The van der Waals surface area contributed by atoms with Crippen LogP contribution in [0.3, 0.4) is 0 Å². The predicted octanol–water partition coefficient (Wildman–Crippen LogP) is 2.62. The van der Waals surface area contributed by atoms with Gasteiger partial charge in [0.05, 0.1) is 26.4 Å². The lowest BCUT2D eigenvalue weighted by molar-refractivity contribution is -0.119. The highest BCUT2D eigenvalue weighted by Crippen LogP contribution is 2.25. The Morgan fingerprint density at radius 1 is 0.966 bits per heavy atom. The first kappa shape index (κ1) is 21.8. The normalized spacial score (nSPS) is 10.2. The van der Waals surface area contributed by atoms with E-state index in [0.717, 1.165) is 0 Å². The number of ether oxygens (including phenoxy) is 4. The fraction of sp³-hybridized carbons (Fsp3) is 0.350. The molecule has 0 unspecified atom stereocenters. The van der Waals surface area contributed by atoms with Gasteiger partial charge in [0.1, 0.15) is 17.2 Å². The summed E-state index contributed by atoms with van der Waals surface area (Å²) in [7, 11) is 2.99. The molecule has 0 aliphatic heterocycles. The number of carbonyl (C=O) groups excluding carboxylic acids is 3. The Morgan fingerprint density at radius 3 is 2.14 bits per heavy atom. The molecule has 29 heavy (non-hydrogen) atoms. The smallest absolute Gasteiger partial charge is 0.355 e. The summed E-state index contributed by atoms with van der Waals surface area (Å²) in [6.07, 6.45) is 0. The summed E-state index contributed by atoms with van der Waals surface area (Å²) in [6.45, 7) is 4.66. The first-order valence-electron chi connectivity index (χ1n) is 8.87. The van der Waals surface area contributed by atoms with Crippen LogP contribution >= 0.6 is 0 Å². The van der Waals surface area contributed by atoms with Gasteiger partial charge in [0.15, 0.2) is 6.61 Å². The van der Waals surface area contributed by atoms with Crippen molar-refractivity contribution in [1.29, 1.82) is 0 Å². The van der Waals surface area contributed by atoms with Crippen LogP contribution in [0.2, 0.25) is 0 Å². The first-order valence-corrected chi connectivity index (χ1v) is 8.87. The standard InChI is InChI=1S/C20H24N2O7/c1-6-28-19(24)17-11(2)18(21-12(17)3)20(25)29-10-16(23)22-13-7-14(26-4)9-15(8-13)27-5/h7-9,21H,6,10H2,1-5H3,(H,22,23). The van der Waals surface area contributed by atoms with Gasteiger partial charge in [-0.3, -0.25) is 4.79 Å². The van der Waals surface area contributed by atoms with Crippen molar-refractivity contribution in [2.75, 3.05) is 32.8 Å². The number of aromatic amines is 1. The number of benzene rings is 1. The topological polar surface area (TPSA) is 116 Å². The Bertz CT molecular complexity index is 896. The number of hydrogen-bond acceptors (Lipinski definition) is 7. The van der Waals surface area contributed by atoms with Crippen LogP contribution in [0.25, 0.3) is 0 Å². The van der Waals surface area contributed by atoms with Crippen molar-refractivity contribution in [2.45, 2.75) is 20.8 Å². The molecule has 0 bridgehead atoms. The average Bonchev–Trinajstić information content (AvgIpc) is 3.00. The second-order valence-corrected chi connectivity index (χ2v) is 6.07. The molecule has 156 valence electrons. The van der Waals surface area contributed by atoms with Gasteiger partial charge >= 0.3 is 11.9 Å². The van der Waals surface area contributed by atoms with Crippen LogP contribution in [-0.4, -0.2) is 50.3 Å². The third-order valence-corrected chi connectivity index (χ3v) is 4.09. The number of hydrogen-bond donors (Lipinski definition) is 2. The van der Waals surface area contributed by atoms with Gasteiger partial charge in [0, 0.05) is 29.6 Å². The Morgan fingerprint density at radius 2 is 1.59 bits per heavy atom. The number of rotatable bonds is 8. The molecule has 0 spiro atoms. The van der Waals surface area contributed by atoms with Crippen LogP contribution in [0.15, 0.2) is 18.2 Å². The van der Waals surface area contributed by atoms with Crippen molar-refractivity contribution in [3.63, 3.8) is 0 Å². The van der Waals surface area contributed by atoms with Crippen molar-refractivity contribution in [3.8, 4) is 11.5 Å². The van der Waals surface area contributed by atoms with Crippen molar-refractivity contribution >= 4 is 23.5 Å². The molecule has 0 aliphatic carbocycles. The molecule has 2 N–H and O–H groups in total. The zero-order valence-corrected chi connectivity index (χ0v) is 17.0. The molecule has 0 radical (unpaired) electrons. The van der Waals surface area contributed by atoms with E-state index in [1.54, 1.807) is 39.0 Å². The molecule has 0 saturated carbocycles. The molecule has 2 aromatic rings. The van der Waals surface area contributed by atoms with E-state index in [2.05, 4.69) is 10.3 Å². The van der Waals surface area contributed by atoms with Gasteiger partial charge in [-0.1, -0.05) is 0 Å². The molecule has 1 heterocycles. The van der Waals surface area contributed by atoms with E-state index in [9.17, 15) is 14.4 Å². The maximum absolute atomic E-state index is 12.3. The minimum atomic E-state index is -0.750. The van der Waals surface area contributed by atoms with E-state index < -0.39 is 24.5 Å². The third kappa shape index (κ3) is 5.28. The van der Waals surface area contributed by atoms with E-state index in [1.165, 1.54) is 14.2 Å². The fourth-order valence-corrected chi connectivity index (χ4v) is 2.74. The molecule has 0 atom stereocenters. The van der Waals surface area contributed by atoms with Gasteiger partial charge in [-0.15, -0.1) is 0 Å². The molecule has 0 aliphatic rings. The molecule has 1 aromatic carbocycles. The van der Waals surface area contributed by atoms with Gasteiger partial charge < -0.3 is 29.2 Å². The van der Waals surface area contributed by atoms with E-state index in [0.29, 0.717) is 28.4 Å². The summed E-state index contributed by atoms with van der Waals surface area (Å²) < 4.78 is 20.3. The quantitative estimate of drug-likeness (QED) is 0.650. The van der Waals surface area contributed by atoms with Crippen LogP contribution in [0.1, 0.15) is 39.0 Å². The van der Waals surface area contributed by atoms with Crippen LogP contribution in [0.4, 0.5) is 5.69 Å². The molecule has 0 fully saturated rings. The lowest BCUT2D eigenvalue weighted by Crippen LogP contribution is -2.21. The Hall–Kier alpha value is -3.49. The summed E-state index contributed by atoms with van der Waals surface area (Å²) in [4.78, 5) is 39.3. The van der Waals surface area contributed by atoms with Gasteiger partial charge in [-0.2, -0.15) is 0 Å². The number of carbonyl (C=O) groups is 3. The minimum absolute atomic E-state index is 0.0985. The second kappa shape index (κ2) is 9.63. The molecule has 1 amide bonds. The van der Waals surface area contributed by atoms with Gasteiger partial charge in [0.2, 0.25) is 0 Å². The van der Waals surface area contributed by atoms with Crippen LogP contribution in [0, 0.1) is 13.8 Å². The van der Waals surface area contributed by atoms with E-state index in [-0.39, 0.29) is 17.9 Å². The van der Waals surface area contributed by atoms with E-state index >= 15 is 0 Å². The highest BCUT2D eigenvalue weighted by atomic mass is 16.5. The lowest BCUT2D eigenvalue weighted by atomic mass is 10.1. The zero-order valence-electron chi connectivity index (χ0n) is 17.0. The monoisotopic (exact) mass is 404 g/mol. The molecule has 0 saturated heterocycles. The Kier molecular flexibility index (Phi) is 7.24. The molecule has 2 rings (SSSR count). The number of esters is 2. The SMILES string of the molecule is CCOC(=O)c1c(C)[nH]c(C(=O)OCC(=O)Nc2cc(OC)cc(OC)c2)c1C. The number of nitrogens with one attached hydrogen (secondary N) is 2. The minimum Gasteiger partial charge on any atom is -0.497 e. The second-order valence-electron chi connectivity index (χ2n) is 6.07. The summed E-state index contributed by atoms with van der Waals surface area (Å²) in [5, 5.41) is 2.60. The van der Waals surface area contributed by atoms with E-state index in [1.807, 2.05) is 0 Å². The number of amides is 1. The molecule has 1 aromatic heterocycles. The zero-order chi connectivity index (χ0) is 21.6. The van der Waals surface area contributed by atoms with Crippen LogP contribution in [-0.2, 0) is 14.3 Å². The maximum atomic E-state index is 12.3. The molecular formula is C20H24N2O7. The number of aromatic nitrogens is 1. The van der Waals surface area contributed by atoms with Crippen molar-refractivity contribution < 1.29 is 33.3 Å². The van der Waals surface area contributed by atoms with Crippen molar-refractivity contribution in [1.82, 2.24) is 4.98 Å². The van der Waals surface area contributed by atoms with Crippen LogP contribution in [0.5, 0.6) is 11.5 Å². The lowest BCUT2D eigenvalue weighted by Gasteiger charge is -2.10. The van der Waals surface area contributed by atoms with Gasteiger partial charge in [-0.25, -0.2) is 9.59 Å². The molecule has 9 nitrogen and oxygen atoms in total. The fourth-order valence-electron chi connectivity index (χ4n) is 2.74. The molecular weight excluding hydrogens is 380 g/mol. The number of H-pyrrole nitrogens is 1. The highest BCUT2D eigenvalue weighted by Gasteiger charge is 2.24. The van der Waals surface area contributed by atoms with Gasteiger partial charge in [-0.05, 0) is 26.3 Å². The Labute approximate surface area is 168 Å². The van der Waals surface area contributed by atoms with E-state index in [4.69, 9.17) is 18.9 Å². The van der Waals surface area contributed by atoms with Crippen molar-refractivity contribution in [2.24, 2.45) is 0 Å². The first-order chi connectivity index (χ1) is 13.8. The largest absolute Gasteiger partial charge is 0.497 e. The number of methoxy groups -OCH3 is 2. The van der Waals surface area contributed by atoms with Crippen molar-refractivity contribution in [3.05, 3.63) is 40.7 Å². The maximum Gasteiger partial charge on any atom is 0.355 e. The Balaban J connectivity index is 2.03. The summed E-state index contributed by atoms with van der Waals surface area (Å²) in [5.74, 6) is -0.816.